The number of rotatable bonds is 8. The molecule has 1 atom stereocenters. The summed E-state index contributed by atoms with van der Waals surface area (Å²) in [5, 5.41) is 4.36. The van der Waals surface area contributed by atoms with Gasteiger partial charge in [0, 0.05) is 30.6 Å². The minimum atomic E-state index is -4.85. The highest BCUT2D eigenvalue weighted by molar-refractivity contribution is 5.35. The van der Waals surface area contributed by atoms with Crippen LogP contribution in [0.25, 0.3) is 0 Å². The molecule has 2 aliphatic carbocycles. The van der Waals surface area contributed by atoms with Gasteiger partial charge in [0.15, 0.2) is 0 Å². The van der Waals surface area contributed by atoms with Crippen LogP contribution in [-0.2, 0) is 0 Å². The lowest BCUT2D eigenvalue weighted by molar-refractivity contribution is -0.0999. The van der Waals surface area contributed by atoms with Gasteiger partial charge in [0.1, 0.15) is 0 Å². The summed E-state index contributed by atoms with van der Waals surface area (Å²) in [6, 6.07) is 0. The lowest BCUT2D eigenvalue weighted by Gasteiger charge is -2.25. The van der Waals surface area contributed by atoms with Gasteiger partial charge in [-0.1, -0.05) is 6.08 Å². The molecule has 4 nitrogen and oxygen atoms in total. The molecule has 0 aromatic heterocycles. The molecule has 0 saturated heterocycles. The van der Waals surface area contributed by atoms with Gasteiger partial charge in [-0.05, 0) is 61.6 Å². The van der Waals surface area contributed by atoms with E-state index in [1.165, 1.54) is 17.3 Å². The van der Waals surface area contributed by atoms with Crippen LogP contribution in [0.4, 0.5) is 26.3 Å². The first kappa shape index (κ1) is 22.9. The maximum Gasteiger partial charge on any atom is 0.416 e. The molecule has 0 aromatic rings. The van der Waals surface area contributed by atoms with Crippen molar-refractivity contribution in [1.29, 1.82) is 0 Å². The van der Waals surface area contributed by atoms with Gasteiger partial charge >= 0.3 is 12.4 Å². The minimum absolute atomic E-state index is 0.120. The Hall–Kier alpha value is -2.36. The highest BCUT2D eigenvalue weighted by Crippen LogP contribution is 2.39. The summed E-state index contributed by atoms with van der Waals surface area (Å²) < 4.78 is 77.9. The Bertz CT molecular complexity index is 711. The summed E-state index contributed by atoms with van der Waals surface area (Å²) in [6.07, 6.45) is 0.614. The summed E-state index contributed by atoms with van der Waals surface area (Å²) in [4.78, 5) is 0. The predicted molar refractivity (Wildman–Crippen MR) is 98.6 cm³/mol. The molecule has 1 fully saturated rings. The molecule has 29 heavy (non-hydrogen) atoms. The third-order valence-corrected chi connectivity index (χ3v) is 4.48. The Labute approximate surface area is 165 Å². The van der Waals surface area contributed by atoms with Crippen molar-refractivity contribution in [3.05, 3.63) is 59.6 Å². The van der Waals surface area contributed by atoms with E-state index in [-0.39, 0.29) is 12.6 Å². The maximum atomic E-state index is 13.0. The van der Waals surface area contributed by atoms with Crippen molar-refractivity contribution in [3.8, 4) is 0 Å². The first-order valence-electron chi connectivity index (χ1n) is 9.07. The number of allylic oxidation sites excluding steroid dienone is 6. The highest BCUT2D eigenvalue weighted by atomic mass is 19.4. The van der Waals surface area contributed by atoms with E-state index in [1.54, 1.807) is 18.4 Å². The quantitative estimate of drug-likeness (QED) is 0.239. The molecule has 10 heteroatoms. The Morgan fingerprint density at radius 1 is 1.17 bits per heavy atom. The largest absolute Gasteiger partial charge is 0.416 e. The molecule has 0 aliphatic heterocycles. The Morgan fingerprint density at radius 2 is 1.86 bits per heavy atom. The van der Waals surface area contributed by atoms with E-state index in [0.717, 1.165) is 25.5 Å². The molecule has 2 rings (SSSR count). The molecule has 0 aromatic carbocycles. The van der Waals surface area contributed by atoms with Crippen LogP contribution in [0.5, 0.6) is 0 Å². The number of nitrogens with two attached hydrogens (primary N) is 2. The highest BCUT2D eigenvalue weighted by Gasteiger charge is 2.41. The van der Waals surface area contributed by atoms with E-state index in [0.29, 0.717) is 11.6 Å². The molecular formula is C19H24F6N4. The smallest absolute Gasteiger partial charge is 0.405 e. The van der Waals surface area contributed by atoms with Crippen LogP contribution in [0.2, 0.25) is 0 Å². The summed E-state index contributed by atoms with van der Waals surface area (Å²) in [5.74, 6) is 5.42. The van der Waals surface area contributed by atoms with Gasteiger partial charge in [-0.2, -0.15) is 26.3 Å². The number of hydrogen-bond donors (Lipinski definition) is 3. The molecule has 5 N–H and O–H groups in total. The van der Waals surface area contributed by atoms with E-state index in [9.17, 15) is 26.3 Å². The molecule has 0 bridgehead atoms. The number of halogens is 6. The van der Waals surface area contributed by atoms with E-state index in [2.05, 4.69) is 5.32 Å². The second-order valence-electron chi connectivity index (χ2n) is 7.10. The number of hydrazine groups is 1. The number of alkyl halides is 6. The van der Waals surface area contributed by atoms with Gasteiger partial charge in [-0.3, -0.25) is 0 Å². The van der Waals surface area contributed by atoms with Crippen molar-refractivity contribution >= 4 is 0 Å². The lowest BCUT2D eigenvalue weighted by atomic mass is 9.89. The average Bonchev–Trinajstić information content (AvgIpc) is 3.41. The van der Waals surface area contributed by atoms with Gasteiger partial charge in [0.25, 0.3) is 0 Å². The fraction of sp³-hybridized carbons (Fsp3) is 0.474. The third kappa shape index (κ3) is 7.88. The average molecular weight is 422 g/mol. The summed E-state index contributed by atoms with van der Waals surface area (Å²) in [6.45, 7) is 0.602. The number of nitrogens with one attached hydrogen (secondary N) is 1. The minimum Gasteiger partial charge on any atom is -0.405 e. The van der Waals surface area contributed by atoms with Crippen LogP contribution in [0, 0.1) is 11.8 Å². The van der Waals surface area contributed by atoms with Gasteiger partial charge in [0.05, 0.1) is 5.57 Å². The fourth-order valence-electron chi connectivity index (χ4n) is 2.84. The van der Waals surface area contributed by atoms with E-state index in [1.807, 2.05) is 0 Å². The zero-order chi connectivity index (χ0) is 21.7. The van der Waals surface area contributed by atoms with Crippen LogP contribution < -0.4 is 16.9 Å². The molecule has 2 aliphatic rings. The second-order valence-corrected chi connectivity index (χ2v) is 7.10. The fourth-order valence-corrected chi connectivity index (χ4v) is 2.84. The second kappa shape index (κ2) is 9.43. The zero-order valence-electron chi connectivity index (χ0n) is 15.6. The lowest BCUT2D eigenvalue weighted by Crippen LogP contribution is -2.28. The van der Waals surface area contributed by atoms with Crippen LogP contribution in [0.15, 0.2) is 59.6 Å². The first-order valence-corrected chi connectivity index (χ1v) is 9.07. The topological polar surface area (TPSA) is 67.3 Å². The van der Waals surface area contributed by atoms with Crippen LogP contribution in [-0.4, -0.2) is 30.5 Å². The van der Waals surface area contributed by atoms with Crippen LogP contribution >= 0.6 is 0 Å². The van der Waals surface area contributed by atoms with Gasteiger partial charge < -0.3 is 16.1 Å². The molecule has 0 spiro atoms. The summed E-state index contributed by atoms with van der Waals surface area (Å²) in [7, 11) is 0. The molecule has 0 amide bonds. The summed E-state index contributed by atoms with van der Waals surface area (Å²) in [5.41, 5.74) is 3.31. The predicted octanol–water partition coefficient (Wildman–Crippen LogP) is 4.03. The maximum absolute atomic E-state index is 13.0. The molecule has 1 unspecified atom stereocenters. The number of hydrogen-bond acceptors (Lipinski definition) is 4. The van der Waals surface area contributed by atoms with Crippen LogP contribution in [0.3, 0.4) is 0 Å². The standard InChI is InChI=1S/C19H24F6N4/c20-18(21,22)15-8-14(9-16(10-15)19(23,24)25)11-28-17(5-6-26)2-1-7-29(27)12-13-3-4-13/h1-2,5-8,10,13-14,28H,3-4,9,11-12,26-27H2/b6-5+,7-1+,17-2+. The Balaban J connectivity index is 2.03. The molecule has 1 saturated carbocycles. The monoisotopic (exact) mass is 422 g/mol. The Kier molecular flexibility index (Phi) is 7.45. The SMILES string of the molecule is N/C=C/C(=C\C=C\N(N)CC1CC1)NCC1C=C(C(F)(F)F)C=C(C(F)(F)F)C1. The van der Waals surface area contributed by atoms with Crippen LogP contribution in [0.1, 0.15) is 19.3 Å². The van der Waals surface area contributed by atoms with Gasteiger partial charge in [-0.25, -0.2) is 5.84 Å². The number of nitrogens with zero attached hydrogens (tertiary/aromatic N) is 1. The van der Waals surface area contributed by atoms with Crippen molar-refractivity contribution in [1.82, 2.24) is 10.3 Å². The molecular weight excluding hydrogens is 398 g/mol. The Morgan fingerprint density at radius 3 is 2.41 bits per heavy atom. The van der Waals surface area contributed by atoms with Crippen molar-refractivity contribution in [2.75, 3.05) is 13.1 Å². The first-order chi connectivity index (χ1) is 13.5. The van der Waals surface area contributed by atoms with Crippen molar-refractivity contribution in [2.45, 2.75) is 31.6 Å². The van der Waals surface area contributed by atoms with E-state index >= 15 is 0 Å². The van der Waals surface area contributed by atoms with Crippen molar-refractivity contribution < 1.29 is 26.3 Å². The normalized spacial score (nSPS) is 21.5. The molecule has 162 valence electrons. The van der Waals surface area contributed by atoms with Crippen molar-refractivity contribution in [2.24, 2.45) is 23.4 Å². The van der Waals surface area contributed by atoms with Gasteiger partial charge in [-0.15, -0.1) is 0 Å². The molecule has 0 radical (unpaired) electrons. The summed E-state index contributed by atoms with van der Waals surface area (Å²) >= 11 is 0. The van der Waals surface area contributed by atoms with E-state index < -0.39 is 35.8 Å². The van der Waals surface area contributed by atoms with Gasteiger partial charge in [0.2, 0.25) is 0 Å². The zero-order valence-corrected chi connectivity index (χ0v) is 15.6. The third-order valence-electron chi connectivity index (χ3n) is 4.48. The van der Waals surface area contributed by atoms with E-state index in [4.69, 9.17) is 11.6 Å². The van der Waals surface area contributed by atoms with Crippen molar-refractivity contribution in [3.63, 3.8) is 0 Å². The molecule has 0 heterocycles.